The van der Waals surface area contributed by atoms with Crippen LogP contribution in [-0.2, 0) is 24.2 Å². The van der Waals surface area contributed by atoms with Crippen molar-refractivity contribution in [2.24, 2.45) is 0 Å². The quantitative estimate of drug-likeness (QED) is 0.445. The van der Waals surface area contributed by atoms with Crippen LogP contribution in [0.5, 0.6) is 0 Å². The van der Waals surface area contributed by atoms with Gasteiger partial charge in [0.2, 0.25) is 17.6 Å². The smallest absolute Gasteiger partial charge is 0.226 e. The number of rotatable bonds is 7. The minimum atomic E-state index is -0.0241. The van der Waals surface area contributed by atoms with Crippen LogP contribution < -0.4 is 5.32 Å². The molecule has 7 nitrogen and oxygen atoms in total. The summed E-state index contributed by atoms with van der Waals surface area (Å²) >= 11 is 1.57. The van der Waals surface area contributed by atoms with E-state index >= 15 is 0 Å². The average Bonchev–Trinajstić information content (AvgIpc) is 3.55. The van der Waals surface area contributed by atoms with Crippen molar-refractivity contribution < 1.29 is 9.32 Å². The lowest BCUT2D eigenvalue weighted by Gasteiger charge is -2.16. The van der Waals surface area contributed by atoms with Crippen LogP contribution in [0.25, 0.3) is 22.1 Å². The summed E-state index contributed by atoms with van der Waals surface area (Å²) in [6.45, 7) is 1.03. The molecule has 5 rings (SSSR count). The van der Waals surface area contributed by atoms with Crippen LogP contribution in [0.2, 0.25) is 0 Å². The molecule has 0 saturated carbocycles. The summed E-state index contributed by atoms with van der Waals surface area (Å²) in [5.74, 6) is 2.15. The van der Waals surface area contributed by atoms with Gasteiger partial charge in [0, 0.05) is 42.5 Å². The third-order valence-corrected chi connectivity index (χ3v) is 6.30. The lowest BCUT2D eigenvalue weighted by molar-refractivity contribution is -0.116. The monoisotopic (exact) mass is 433 g/mol. The number of thiophene rings is 1. The molecule has 0 unspecified atom stereocenters. The molecule has 0 atom stereocenters. The molecular formula is C23H23N5O2S. The van der Waals surface area contributed by atoms with E-state index in [0.29, 0.717) is 31.0 Å². The summed E-state index contributed by atoms with van der Waals surface area (Å²) in [7, 11) is 0. The zero-order valence-corrected chi connectivity index (χ0v) is 17.9. The van der Waals surface area contributed by atoms with Gasteiger partial charge in [0.15, 0.2) is 0 Å². The highest BCUT2D eigenvalue weighted by Crippen LogP contribution is 2.26. The van der Waals surface area contributed by atoms with E-state index in [0.717, 1.165) is 34.9 Å². The van der Waals surface area contributed by atoms with Crippen LogP contribution in [-0.4, -0.2) is 25.6 Å². The number of fused-ring (bicyclic) bond motifs is 1. The summed E-state index contributed by atoms with van der Waals surface area (Å²) in [5.41, 5.74) is 3.17. The zero-order chi connectivity index (χ0) is 21.0. The van der Waals surface area contributed by atoms with Crippen LogP contribution in [0.15, 0.2) is 52.5 Å². The Hall–Kier alpha value is -3.26. The second kappa shape index (κ2) is 8.85. The number of imidazole rings is 1. The highest BCUT2D eigenvalue weighted by Gasteiger charge is 2.15. The lowest BCUT2D eigenvalue weighted by Crippen LogP contribution is -2.12. The van der Waals surface area contributed by atoms with E-state index in [-0.39, 0.29) is 5.91 Å². The van der Waals surface area contributed by atoms with Crippen LogP contribution in [0.4, 0.5) is 5.69 Å². The fraction of sp³-hybridized carbons (Fsp3) is 0.304. The minimum absolute atomic E-state index is 0.0241. The highest BCUT2D eigenvalue weighted by atomic mass is 32.1. The summed E-state index contributed by atoms with van der Waals surface area (Å²) in [6, 6.07) is 11.8. The number of nitrogens with zero attached hydrogens (tertiary/aromatic N) is 4. The first-order valence-corrected chi connectivity index (χ1v) is 11.5. The van der Waals surface area contributed by atoms with E-state index in [1.54, 1.807) is 11.3 Å². The van der Waals surface area contributed by atoms with E-state index in [2.05, 4.69) is 25.0 Å². The number of anilines is 1. The molecule has 158 valence electrons. The Morgan fingerprint density at radius 2 is 2.10 bits per heavy atom. The molecule has 31 heavy (non-hydrogen) atoms. The third kappa shape index (κ3) is 4.44. The van der Waals surface area contributed by atoms with Crippen molar-refractivity contribution in [3.05, 3.63) is 59.6 Å². The van der Waals surface area contributed by atoms with Crippen molar-refractivity contribution in [2.75, 3.05) is 5.32 Å². The third-order valence-electron chi connectivity index (χ3n) is 5.43. The van der Waals surface area contributed by atoms with Gasteiger partial charge in [-0.15, -0.1) is 11.3 Å². The Morgan fingerprint density at radius 1 is 1.19 bits per heavy atom. The topological polar surface area (TPSA) is 85.8 Å². The first kappa shape index (κ1) is 19.7. The van der Waals surface area contributed by atoms with Gasteiger partial charge in [0.1, 0.15) is 5.82 Å². The van der Waals surface area contributed by atoms with Gasteiger partial charge in [-0.25, -0.2) is 4.98 Å². The number of benzene rings is 1. The Bertz CT molecular complexity index is 1160. The molecule has 0 aliphatic carbocycles. The maximum Gasteiger partial charge on any atom is 0.226 e. The Labute approximate surface area is 184 Å². The second-order valence-electron chi connectivity index (χ2n) is 7.65. The molecule has 4 heterocycles. The van der Waals surface area contributed by atoms with Gasteiger partial charge in [-0.3, -0.25) is 4.79 Å². The van der Waals surface area contributed by atoms with Crippen LogP contribution in [0, 0.1) is 0 Å². The molecule has 0 saturated heterocycles. The number of nitrogens with one attached hydrogen (secondary N) is 1. The minimum Gasteiger partial charge on any atom is -0.339 e. The van der Waals surface area contributed by atoms with E-state index in [1.807, 2.05) is 48.0 Å². The standard InChI is InChI=1S/C23H23N5O2S/c29-20(7-3-8-21-26-22(27-30-21)19-6-4-14-31-19)25-17-11-9-16(10-12-17)23-24-15-18-5-1-2-13-28(18)23/h4,6,9-12,14-15H,1-3,5,7-8,13H2,(H,25,29). The van der Waals surface area contributed by atoms with Gasteiger partial charge < -0.3 is 14.4 Å². The lowest BCUT2D eigenvalue weighted by atomic mass is 10.1. The van der Waals surface area contributed by atoms with Gasteiger partial charge in [-0.1, -0.05) is 11.2 Å². The Kier molecular flexibility index (Phi) is 5.62. The maximum absolute atomic E-state index is 12.3. The van der Waals surface area contributed by atoms with Crippen molar-refractivity contribution in [1.29, 1.82) is 0 Å². The molecule has 0 bridgehead atoms. The first-order chi connectivity index (χ1) is 15.3. The van der Waals surface area contributed by atoms with Crippen molar-refractivity contribution in [1.82, 2.24) is 19.7 Å². The predicted octanol–water partition coefficient (Wildman–Crippen LogP) is 4.96. The normalized spacial score (nSPS) is 13.2. The van der Waals surface area contributed by atoms with Crippen LogP contribution in [0.3, 0.4) is 0 Å². The molecule has 1 aliphatic heterocycles. The SMILES string of the molecule is O=C(CCCc1nc(-c2cccs2)no1)Nc1ccc(-c2ncc3n2CCCC3)cc1. The van der Waals surface area contributed by atoms with Crippen molar-refractivity contribution in [3.8, 4) is 22.1 Å². The summed E-state index contributed by atoms with van der Waals surface area (Å²) < 4.78 is 7.59. The van der Waals surface area contributed by atoms with E-state index in [9.17, 15) is 4.79 Å². The van der Waals surface area contributed by atoms with Crippen LogP contribution >= 0.6 is 11.3 Å². The van der Waals surface area contributed by atoms with Crippen molar-refractivity contribution in [3.63, 3.8) is 0 Å². The van der Waals surface area contributed by atoms with Gasteiger partial charge in [-0.05, 0) is 61.4 Å². The van der Waals surface area contributed by atoms with Crippen LogP contribution in [0.1, 0.15) is 37.3 Å². The molecule has 1 aromatic carbocycles. The molecule has 0 spiro atoms. The number of aromatic nitrogens is 4. The number of hydrogen-bond donors (Lipinski definition) is 1. The average molecular weight is 434 g/mol. The van der Waals surface area contributed by atoms with Gasteiger partial charge in [-0.2, -0.15) is 4.98 Å². The molecule has 3 aromatic heterocycles. The summed E-state index contributed by atoms with van der Waals surface area (Å²) in [5, 5.41) is 8.93. The van der Waals surface area contributed by atoms with Gasteiger partial charge in [0.25, 0.3) is 0 Å². The number of amides is 1. The molecule has 4 aromatic rings. The largest absolute Gasteiger partial charge is 0.339 e. The fourth-order valence-corrected chi connectivity index (χ4v) is 4.50. The molecule has 1 N–H and O–H groups in total. The Balaban J connectivity index is 1.13. The van der Waals surface area contributed by atoms with E-state index in [1.165, 1.54) is 18.5 Å². The van der Waals surface area contributed by atoms with E-state index in [4.69, 9.17) is 4.52 Å². The first-order valence-electron chi connectivity index (χ1n) is 10.6. The fourth-order valence-electron chi connectivity index (χ4n) is 3.86. The van der Waals surface area contributed by atoms with E-state index < -0.39 is 0 Å². The number of carbonyl (C=O) groups is 1. The highest BCUT2D eigenvalue weighted by molar-refractivity contribution is 7.13. The maximum atomic E-state index is 12.3. The molecule has 8 heteroatoms. The Morgan fingerprint density at radius 3 is 2.94 bits per heavy atom. The number of aryl methyl sites for hydroxylation is 2. The molecule has 0 fully saturated rings. The number of carbonyl (C=O) groups excluding carboxylic acids is 1. The molecule has 1 aliphatic rings. The number of hydrogen-bond acceptors (Lipinski definition) is 6. The molecule has 1 amide bonds. The van der Waals surface area contributed by atoms with Crippen molar-refractivity contribution >= 4 is 22.9 Å². The zero-order valence-electron chi connectivity index (χ0n) is 17.1. The summed E-state index contributed by atoms with van der Waals surface area (Å²) in [4.78, 5) is 22.3. The van der Waals surface area contributed by atoms with Crippen molar-refractivity contribution in [2.45, 2.75) is 45.1 Å². The molecular weight excluding hydrogens is 410 g/mol. The second-order valence-corrected chi connectivity index (χ2v) is 8.60. The van der Waals surface area contributed by atoms with Gasteiger partial charge in [0.05, 0.1) is 4.88 Å². The predicted molar refractivity (Wildman–Crippen MR) is 120 cm³/mol. The summed E-state index contributed by atoms with van der Waals surface area (Å²) in [6.07, 6.45) is 7.14. The molecule has 0 radical (unpaired) electrons. The van der Waals surface area contributed by atoms with Gasteiger partial charge >= 0.3 is 0 Å².